The molecule has 4 aliphatic rings. The van der Waals surface area contributed by atoms with Gasteiger partial charge in [-0.05, 0) is 51.4 Å². The number of fused-ring (bicyclic) bond motifs is 2. The number of piperidine rings is 1. The van der Waals surface area contributed by atoms with Gasteiger partial charge in [0.15, 0.2) is 0 Å². The van der Waals surface area contributed by atoms with E-state index in [2.05, 4.69) is 10.5 Å². The first-order valence-electron chi connectivity index (χ1n) is 10.2. The minimum absolute atomic E-state index is 0.421. The van der Waals surface area contributed by atoms with E-state index in [1.54, 1.807) is 0 Å². The zero-order valence-corrected chi connectivity index (χ0v) is 14.6. The number of rotatable bonds is 5. The van der Waals surface area contributed by atoms with Crippen molar-refractivity contribution in [1.29, 1.82) is 0 Å². The van der Waals surface area contributed by atoms with E-state index in [-0.39, 0.29) is 0 Å². The lowest BCUT2D eigenvalue weighted by atomic mass is 9.85. The number of hydrogen-bond acceptors (Lipinski definition) is 4. The van der Waals surface area contributed by atoms with E-state index in [1.807, 2.05) is 0 Å². The van der Waals surface area contributed by atoms with E-state index in [0.29, 0.717) is 30.0 Å². The van der Waals surface area contributed by atoms with Crippen LogP contribution in [0.15, 0.2) is 4.52 Å². The normalized spacial score (nSPS) is 33.9. The fourth-order valence-corrected chi connectivity index (χ4v) is 5.19. The van der Waals surface area contributed by atoms with Gasteiger partial charge in [0.05, 0.1) is 18.4 Å². The maximum atomic E-state index is 6.42. The molecule has 2 saturated carbocycles. The molecular weight excluding hydrogens is 300 g/mol. The molecule has 2 aliphatic carbocycles. The Bertz CT molecular complexity index is 562. The minimum atomic E-state index is 0.421. The van der Waals surface area contributed by atoms with Crippen LogP contribution in [0.3, 0.4) is 0 Å². The molecule has 3 heterocycles. The Morgan fingerprint density at radius 3 is 2.38 bits per heavy atom. The van der Waals surface area contributed by atoms with Crippen molar-refractivity contribution in [2.24, 2.45) is 0 Å². The van der Waals surface area contributed by atoms with E-state index >= 15 is 0 Å². The molecule has 0 amide bonds. The molecule has 1 N–H and O–H groups in total. The van der Waals surface area contributed by atoms with Gasteiger partial charge in [-0.3, -0.25) is 0 Å². The summed E-state index contributed by atoms with van der Waals surface area (Å²) < 4.78 is 12.2. The highest BCUT2D eigenvalue weighted by molar-refractivity contribution is 5.30. The second kappa shape index (κ2) is 6.45. The van der Waals surface area contributed by atoms with E-state index in [4.69, 9.17) is 9.26 Å². The number of nitrogens with zero attached hydrogens (tertiary/aromatic N) is 1. The third-order valence-electron chi connectivity index (χ3n) is 6.68. The standard InChI is InChI=1S/C20H30N2O2/c1-2-4-13(5-3-1)19-18(20(24-22-19)14-6-7-14)12-23-17-10-15-8-9-16(11-17)21-15/h13-17,21H,1-12H2/t15-,16?,17+/m0/s1. The third-order valence-corrected chi connectivity index (χ3v) is 6.68. The van der Waals surface area contributed by atoms with Crippen molar-refractivity contribution in [3.63, 3.8) is 0 Å². The summed E-state index contributed by atoms with van der Waals surface area (Å²) in [6.45, 7) is 0.727. The quantitative estimate of drug-likeness (QED) is 0.869. The van der Waals surface area contributed by atoms with Crippen LogP contribution in [0.1, 0.15) is 99.5 Å². The first-order chi connectivity index (χ1) is 11.9. The van der Waals surface area contributed by atoms with Gasteiger partial charge in [0, 0.05) is 29.5 Å². The molecule has 4 heteroatoms. The van der Waals surface area contributed by atoms with Crippen LogP contribution in [0.5, 0.6) is 0 Å². The highest BCUT2D eigenvalue weighted by Gasteiger charge is 2.37. The molecule has 24 heavy (non-hydrogen) atoms. The largest absolute Gasteiger partial charge is 0.373 e. The Morgan fingerprint density at radius 2 is 1.67 bits per heavy atom. The molecular formula is C20H30N2O2. The summed E-state index contributed by atoms with van der Waals surface area (Å²) in [7, 11) is 0. The van der Waals surface area contributed by atoms with E-state index in [9.17, 15) is 0 Å². The van der Waals surface area contributed by atoms with E-state index < -0.39 is 0 Å². The molecule has 4 nitrogen and oxygen atoms in total. The first kappa shape index (κ1) is 15.4. The van der Waals surface area contributed by atoms with Gasteiger partial charge in [0.1, 0.15) is 5.76 Å². The van der Waals surface area contributed by atoms with Gasteiger partial charge in [-0.15, -0.1) is 0 Å². The average Bonchev–Trinajstić information content (AvgIpc) is 3.29. The highest BCUT2D eigenvalue weighted by atomic mass is 16.5. The third kappa shape index (κ3) is 3.03. The summed E-state index contributed by atoms with van der Waals surface area (Å²) in [6.07, 6.45) is 14.6. The van der Waals surface area contributed by atoms with Gasteiger partial charge < -0.3 is 14.6 Å². The zero-order valence-electron chi connectivity index (χ0n) is 14.6. The Kier molecular flexibility index (Phi) is 4.14. The predicted molar refractivity (Wildman–Crippen MR) is 92.1 cm³/mol. The molecule has 2 saturated heterocycles. The summed E-state index contributed by atoms with van der Waals surface area (Å²) in [5.41, 5.74) is 2.57. The van der Waals surface area contributed by atoms with Crippen LogP contribution < -0.4 is 5.32 Å². The Morgan fingerprint density at radius 1 is 0.917 bits per heavy atom. The summed E-state index contributed by atoms with van der Waals surface area (Å²) in [5.74, 6) is 2.39. The molecule has 2 aliphatic heterocycles. The molecule has 4 fully saturated rings. The topological polar surface area (TPSA) is 47.3 Å². The van der Waals surface area contributed by atoms with Crippen molar-refractivity contribution < 1.29 is 9.26 Å². The Labute approximate surface area is 144 Å². The van der Waals surface area contributed by atoms with Gasteiger partial charge in [-0.2, -0.15) is 0 Å². The zero-order chi connectivity index (χ0) is 15.9. The van der Waals surface area contributed by atoms with Gasteiger partial charge >= 0.3 is 0 Å². The highest BCUT2D eigenvalue weighted by Crippen LogP contribution is 2.45. The van der Waals surface area contributed by atoms with Crippen molar-refractivity contribution >= 4 is 0 Å². The molecule has 132 valence electrons. The lowest BCUT2D eigenvalue weighted by molar-refractivity contribution is 0.00816. The monoisotopic (exact) mass is 330 g/mol. The molecule has 0 aromatic carbocycles. The van der Waals surface area contributed by atoms with Crippen molar-refractivity contribution in [1.82, 2.24) is 10.5 Å². The van der Waals surface area contributed by atoms with Crippen molar-refractivity contribution in [2.75, 3.05) is 0 Å². The lowest BCUT2D eigenvalue weighted by Gasteiger charge is -2.29. The summed E-state index contributed by atoms with van der Waals surface area (Å²) in [4.78, 5) is 0. The maximum absolute atomic E-state index is 6.42. The SMILES string of the molecule is C1CCC(c2noc(C3CC3)c2CO[C@H]2CC3CC[C@@H](C2)N3)CC1. The van der Waals surface area contributed by atoms with Gasteiger partial charge in [-0.1, -0.05) is 24.4 Å². The Hall–Kier alpha value is -0.870. The van der Waals surface area contributed by atoms with Gasteiger partial charge in [0.25, 0.3) is 0 Å². The molecule has 5 rings (SSSR count). The molecule has 1 aromatic rings. The van der Waals surface area contributed by atoms with Crippen LogP contribution in [-0.4, -0.2) is 23.3 Å². The number of nitrogens with one attached hydrogen (secondary N) is 1. The fraction of sp³-hybridized carbons (Fsp3) is 0.850. The molecule has 0 spiro atoms. The van der Waals surface area contributed by atoms with E-state index in [1.165, 1.54) is 81.9 Å². The fourth-order valence-electron chi connectivity index (χ4n) is 5.19. The summed E-state index contributed by atoms with van der Waals surface area (Å²) in [5, 5.41) is 8.24. The van der Waals surface area contributed by atoms with Crippen molar-refractivity contribution in [3.8, 4) is 0 Å². The van der Waals surface area contributed by atoms with Crippen LogP contribution >= 0.6 is 0 Å². The van der Waals surface area contributed by atoms with Gasteiger partial charge in [0.2, 0.25) is 0 Å². The Balaban J connectivity index is 1.31. The van der Waals surface area contributed by atoms with Crippen molar-refractivity contribution in [3.05, 3.63) is 17.0 Å². The second-order valence-electron chi connectivity index (χ2n) is 8.56. The minimum Gasteiger partial charge on any atom is -0.373 e. The first-order valence-corrected chi connectivity index (χ1v) is 10.2. The van der Waals surface area contributed by atoms with Crippen LogP contribution in [0.4, 0.5) is 0 Å². The number of aromatic nitrogens is 1. The molecule has 0 radical (unpaired) electrons. The van der Waals surface area contributed by atoms with Crippen molar-refractivity contribution in [2.45, 2.75) is 107 Å². The summed E-state index contributed by atoms with van der Waals surface area (Å²) in [6, 6.07) is 1.38. The number of hydrogen-bond donors (Lipinski definition) is 1. The summed E-state index contributed by atoms with van der Waals surface area (Å²) >= 11 is 0. The van der Waals surface area contributed by atoms with Gasteiger partial charge in [-0.25, -0.2) is 0 Å². The smallest absolute Gasteiger partial charge is 0.145 e. The predicted octanol–water partition coefficient (Wildman–Crippen LogP) is 4.40. The molecule has 2 bridgehead atoms. The molecule has 1 aromatic heterocycles. The van der Waals surface area contributed by atoms with Crippen LogP contribution in [-0.2, 0) is 11.3 Å². The number of ether oxygens (including phenoxy) is 1. The maximum Gasteiger partial charge on any atom is 0.145 e. The molecule has 1 unspecified atom stereocenters. The lowest BCUT2D eigenvalue weighted by Crippen LogP contribution is -2.41. The molecule has 3 atom stereocenters. The van der Waals surface area contributed by atoms with Crippen LogP contribution in [0.2, 0.25) is 0 Å². The van der Waals surface area contributed by atoms with E-state index in [0.717, 1.165) is 12.4 Å². The van der Waals surface area contributed by atoms with Crippen LogP contribution in [0.25, 0.3) is 0 Å². The average molecular weight is 330 g/mol. The second-order valence-corrected chi connectivity index (χ2v) is 8.56. The van der Waals surface area contributed by atoms with Crippen LogP contribution in [0, 0.1) is 0 Å².